The summed E-state index contributed by atoms with van der Waals surface area (Å²) in [6.07, 6.45) is 0.227. The van der Waals surface area contributed by atoms with Crippen LogP contribution in [-0.2, 0) is 4.74 Å². The molecule has 0 N–H and O–H groups in total. The highest BCUT2D eigenvalue weighted by Crippen LogP contribution is 2.40. The van der Waals surface area contributed by atoms with E-state index in [9.17, 15) is 9.59 Å². The van der Waals surface area contributed by atoms with Gasteiger partial charge >= 0.3 is 6.09 Å². The largest absolute Gasteiger partial charge is 0.493 e. The molecule has 2 aromatic rings. The van der Waals surface area contributed by atoms with Crippen LogP contribution in [0, 0.1) is 13.8 Å². The monoisotopic (exact) mass is 454 g/mol. The van der Waals surface area contributed by atoms with Gasteiger partial charge in [0, 0.05) is 12.1 Å². The standard InChI is InChI=1S/C26H34N2O5/c1-8-20-15-27(25(29)19-10-11-23(31-7)24(14-19)33-16(3)4)21-12-17(5)18(6)13-22(21)28(20)26(30)32-9-2/h10-14,16,20H,8-9,15H2,1-7H3. The van der Waals surface area contributed by atoms with Crippen molar-refractivity contribution in [3.8, 4) is 11.5 Å². The number of carbonyl (C=O) groups excluding carboxylic acids is 2. The van der Waals surface area contributed by atoms with Crippen molar-refractivity contribution in [3.05, 3.63) is 47.0 Å². The van der Waals surface area contributed by atoms with Crippen molar-refractivity contribution in [1.29, 1.82) is 0 Å². The minimum Gasteiger partial charge on any atom is -0.493 e. The van der Waals surface area contributed by atoms with E-state index in [4.69, 9.17) is 14.2 Å². The second-order valence-electron chi connectivity index (χ2n) is 8.50. The van der Waals surface area contributed by atoms with E-state index in [2.05, 4.69) is 0 Å². The van der Waals surface area contributed by atoms with Crippen LogP contribution in [0.2, 0.25) is 0 Å². The quantitative estimate of drug-likeness (QED) is 0.576. The van der Waals surface area contributed by atoms with Gasteiger partial charge in [0.25, 0.3) is 5.91 Å². The number of carbonyl (C=O) groups is 2. The Morgan fingerprint density at radius 2 is 1.70 bits per heavy atom. The third-order valence-corrected chi connectivity index (χ3v) is 5.85. The third kappa shape index (κ3) is 4.92. The van der Waals surface area contributed by atoms with Gasteiger partial charge in [0.2, 0.25) is 0 Å². The number of ether oxygens (including phenoxy) is 3. The molecule has 178 valence electrons. The van der Waals surface area contributed by atoms with Crippen LogP contribution in [0.15, 0.2) is 30.3 Å². The Bertz CT molecular complexity index is 1030. The van der Waals surface area contributed by atoms with Gasteiger partial charge in [-0.3, -0.25) is 9.69 Å². The van der Waals surface area contributed by atoms with Crippen molar-refractivity contribution in [1.82, 2.24) is 0 Å². The number of amides is 2. The topological polar surface area (TPSA) is 68.3 Å². The predicted molar refractivity (Wildman–Crippen MR) is 130 cm³/mol. The van der Waals surface area contributed by atoms with Crippen LogP contribution in [0.4, 0.5) is 16.2 Å². The zero-order valence-electron chi connectivity index (χ0n) is 20.6. The minimum absolute atomic E-state index is 0.0619. The molecule has 0 radical (unpaired) electrons. The predicted octanol–water partition coefficient (Wildman–Crippen LogP) is 5.50. The lowest BCUT2D eigenvalue weighted by Gasteiger charge is -2.42. The van der Waals surface area contributed by atoms with Crippen molar-refractivity contribution in [3.63, 3.8) is 0 Å². The van der Waals surface area contributed by atoms with E-state index in [1.165, 1.54) is 0 Å². The molecule has 1 atom stereocenters. The first-order chi connectivity index (χ1) is 15.7. The van der Waals surface area contributed by atoms with Gasteiger partial charge in [-0.25, -0.2) is 4.79 Å². The molecule has 0 saturated heterocycles. The molecular formula is C26H34N2O5. The Hall–Kier alpha value is -3.22. The second-order valence-corrected chi connectivity index (χ2v) is 8.50. The van der Waals surface area contributed by atoms with Crippen molar-refractivity contribution in [2.45, 2.75) is 60.1 Å². The number of aryl methyl sites for hydroxylation is 2. The maximum Gasteiger partial charge on any atom is 0.414 e. The Kier molecular flexibility index (Phi) is 7.51. The van der Waals surface area contributed by atoms with Crippen LogP contribution in [0.5, 0.6) is 11.5 Å². The minimum atomic E-state index is -0.391. The van der Waals surface area contributed by atoms with Crippen molar-refractivity contribution >= 4 is 23.4 Å². The van der Waals surface area contributed by atoms with Crippen LogP contribution in [0.1, 0.15) is 55.6 Å². The van der Waals surface area contributed by atoms with Gasteiger partial charge in [0.1, 0.15) is 0 Å². The number of hydrogen-bond acceptors (Lipinski definition) is 5. The molecule has 0 spiro atoms. The van der Waals surface area contributed by atoms with Gasteiger partial charge in [0.15, 0.2) is 11.5 Å². The molecule has 7 heteroatoms. The molecule has 0 fully saturated rings. The van der Waals surface area contributed by atoms with E-state index < -0.39 is 6.09 Å². The highest BCUT2D eigenvalue weighted by atomic mass is 16.6. The summed E-state index contributed by atoms with van der Waals surface area (Å²) in [4.78, 5) is 30.1. The maximum atomic E-state index is 13.8. The number of rotatable bonds is 6. The van der Waals surface area contributed by atoms with Crippen LogP contribution in [0.25, 0.3) is 0 Å². The van der Waals surface area contributed by atoms with Gasteiger partial charge in [-0.1, -0.05) is 6.92 Å². The van der Waals surface area contributed by atoms with E-state index in [-0.39, 0.29) is 18.1 Å². The number of nitrogens with zero attached hydrogens (tertiary/aromatic N) is 2. The average molecular weight is 455 g/mol. The lowest BCUT2D eigenvalue weighted by molar-refractivity contribution is 0.0980. The summed E-state index contributed by atoms with van der Waals surface area (Å²) in [5, 5.41) is 0. The molecule has 33 heavy (non-hydrogen) atoms. The number of methoxy groups -OCH3 is 1. The molecule has 0 aliphatic carbocycles. The first-order valence-corrected chi connectivity index (χ1v) is 11.5. The highest BCUT2D eigenvalue weighted by molar-refractivity contribution is 6.10. The molecule has 1 aliphatic rings. The second kappa shape index (κ2) is 10.1. The van der Waals surface area contributed by atoms with Crippen molar-refractivity contribution in [2.24, 2.45) is 0 Å². The van der Waals surface area contributed by atoms with E-state index in [0.717, 1.165) is 11.1 Å². The van der Waals surface area contributed by atoms with Crippen molar-refractivity contribution in [2.75, 3.05) is 30.1 Å². The number of anilines is 2. The van der Waals surface area contributed by atoms with Gasteiger partial charge in [-0.15, -0.1) is 0 Å². The number of benzene rings is 2. The Morgan fingerprint density at radius 1 is 1.03 bits per heavy atom. The van der Waals surface area contributed by atoms with Gasteiger partial charge < -0.3 is 19.1 Å². The Labute approximate surface area is 196 Å². The summed E-state index contributed by atoms with van der Waals surface area (Å²) in [5.74, 6) is 0.944. The molecule has 2 amide bonds. The lowest BCUT2D eigenvalue weighted by atomic mass is 9.99. The highest BCUT2D eigenvalue weighted by Gasteiger charge is 2.38. The molecule has 2 aromatic carbocycles. The average Bonchev–Trinajstić information content (AvgIpc) is 2.78. The van der Waals surface area contributed by atoms with E-state index in [1.807, 2.05) is 46.8 Å². The first-order valence-electron chi connectivity index (χ1n) is 11.5. The zero-order valence-corrected chi connectivity index (χ0v) is 20.6. The summed E-state index contributed by atoms with van der Waals surface area (Å²) in [7, 11) is 1.58. The molecule has 3 rings (SSSR count). The number of hydrogen-bond donors (Lipinski definition) is 0. The van der Waals surface area contributed by atoms with E-state index in [0.29, 0.717) is 48.0 Å². The summed E-state index contributed by atoms with van der Waals surface area (Å²) < 4.78 is 16.6. The van der Waals surface area contributed by atoms with E-state index >= 15 is 0 Å². The molecule has 1 unspecified atom stereocenters. The zero-order chi connectivity index (χ0) is 24.3. The van der Waals surface area contributed by atoms with Crippen LogP contribution in [-0.4, -0.2) is 44.4 Å². The fraction of sp³-hybridized carbons (Fsp3) is 0.462. The molecule has 1 aliphatic heterocycles. The maximum absolute atomic E-state index is 13.8. The molecule has 7 nitrogen and oxygen atoms in total. The molecule has 0 bridgehead atoms. The normalized spacial score (nSPS) is 15.3. The van der Waals surface area contributed by atoms with Gasteiger partial charge in [-0.05, 0) is 82.5 Å². The van der Waals surface area contributed by atoms with E-state index in [1.54, 1.807) is 42.0 Å². The summed E-state index contributed by atoms with van der Waals surface area (Å²) in [5.41, 5.74) is 3.97. The fourth-order valence-corrected chi connectivity index (χ4v) is 4.04. The SMILES string of the molecule is CCOC(=O)N1c2cc(C)c(C)cc2N(C(=O)c2ccc(OC)c(OC(C)C)c2)CC1CC. The Morgan fingerprint density at radius 3 is 2.27 bits per heavy atom. The van der Waals surface area contributed by atoms with Crippen LogP contribution < -0.4 is 19.3 Å². The summed E-state index contributed by atoms with van der Waals surface area (Å²) >= 11 is 0. The number of fused-ring (bicyclic) bond motifs is 1. The summed E-state index contributed by atoms with van der Waals surface area (Å²) in [6.45, 7) is 12.3. The summed E-state index contributed by atoms with van der Waals surface area (Å²) in [6, 6.07) is 8.94. The molecule has 1 heterocycles. The smallest absolute Gasteiger partial charge is 0.414 e. The van der Waals surface area contributed by atoms with Gasteiger partial charge in [-0.2, -0.15) is 0 Å². The van der Waals surface area contributed by atoms with Gasteiger partial charge in [0.05, 0.1) is 37.2 Å². The molecule has 0 aromatic heterocycles. The fourth-order valence-electron chi connectivity index (χ4n) is 4.04. The van der Waals surface area contributed by atoms with Crippen LogP contribution in [0.3, 0.4) is 0 Å². The molecule has 0 saturated carbocycles. The molecular weight excluding hydrogens is 420 g/mol. The van der Waals surface area contributed by atoms with Crippen molar-refractivity contribution < 1.29 is 23.8 Å². The Balaban J connectivity index is 2.09. The lowest BCUT2D eigenvalue weighted by Crippen LogP contribution is -2.53. The van der Waals surface area contributed by atoms with Crippen LogP contribution >= 0.6 is 0 Å². The third-order valence-electron chi connectivity index (χ3n) is 5.85. The first kappa shape index (κ1) is 24.4.